The maximum atomic E-state index is 12.8. The number of nitrogens with one attached hydrogen (secondary N) is 1. The lowest BCUT2D eigenvalue weighted by molar-refractivity contribution is -0.0611. The highest BCUT2D eigenvalue weighted by Crippen LogP contribution is 2.30. The number of hydrogen-bond acceptors (Lipinski definition) is 5. The summed E-state index contributed by atoms with van der Waals surface area (Å²) in [5, 5.41) is 12.8. The van der Waals surface area contributed by atoms with Gasteiger partial charge >= 0.3 is 6.03 Å². The van der Waals surface area contributed by atoms with Gasteiger partial charge in [0.1, 0.15) is 0 Å². The molecule has 25 heavy (non-hydrogen) atoms. The van der Waals surface area contributed by atoms with Crippen molar-refractivity contribution in [3.05, 3.63) is 23.2 Å². The third-order valence-electron chi connectivity index (χ3n) is 4.52. The molecule has 8 heteroatoms. The zero-order valence-corrected chi connectivity index (χ0v) is 15.0. The molecule has 0 unspecified atom stereocenters. The Morgan fingerprint density at radius 2 is 2.16 bits per heavy atom. The van der Waals surface area contributed by atoms with Crippen molar-refractivity contribution in [2.45, 2.75) is 19.1 Å². The van der Waals surface area contributed by atoms with Crippen LogP contribution in [0.4, 0.5) is 16.2 Å². The number of urea groups is 1. The molecule has 2 heterocycles. The average molecular weight is 370 g/mol. The van der Waals surface area contributed by atoms with Crippen LogP contribution >= 0.6 is 11.6 Å². The fourth-order valence-electron chi connectivity index (χ4n) is 3.09. The zero-order chi connectivity index (χ0) is 17.8. The van der Waals surface area contributed by atoms with Gasteiger partial charge in [-0.3, -0.25) is 0 Å². The van der Waals surface area contributed by atoms with Crippen LogP contribution in [0.3, 0.4) is 0 Å². The van der Waals surface area contributed by atoms with Crippen molar-refractivity contribution < 1.29 is 19.4 Å². The van der Waals surface area contributed by atoms with Crippen LogP contribution < -0.4 is 10.2 Å². The first-order chi connectivity index (χ1) is 12.1. The van der Waals surface area contributed by atoms with E-state index in [0.717, 1.165) is 18.8 Å². The summed E-state index contributed by atoms with van der Waals surface area (Å²) < 4.78 is 10.9. The van der Waals surface area contributed by atoms with E-state index >= 15 is 0 Å². The Kier molecular flexibility index (Phi) is 6.01. The van der Waals surface area contributed by atoms with Gasteiger partial charge in [0, 0.05) is 18.1 Å². The molecule has 2 aliphatic rings. The number of anilines is 2. The molecule has 138 valence electrons. The Bertz CT molecular complexity index is 610. The topological polar surface area (TPSA) is 74.3 Å². The van der Waals surface area contributed by atoms with Crippen LogP contribution in [-0.4, -0.2) is 74.2 Å². The molecule has 2 amide bonds. The van der Waals surface area contributed by atoms with E-state index in [1.54, 1.807) is 11.0 Å². The van der Waals surface area contributed by atoms with Gasteiger partial charge < -0.3 is 29.7 Å². The third kappa shape index (κ3) is 4.36. The van der Waals surface area contributed by atoms with E-state index in [1.807, 2.05) is 19.1 Å². The minimum Gasteiger partial charge on any atom is -0.394 e. The van der Waals surface area contributed by atoms with E-state index in [-0.39, 0.29) is 24.8 Å². The molecule has 0 spiro atoms. The van der Waals surface area contributed by atoms with Gasteiger partial charge in [-0.2, -0.15) is 0 Å². The Balaban J connectivity index is 1.76. The quantitative estimate of drug-likeness (QED) is 0.849. The van der Waals surface area contributed by atoms with E-state index in [9.17, 15) is 9.90 Å². The van der Waals surface area contributed by atoms with Gasteiger partial charge in [0.05, 0.1) is 56.5 Å². The van der Waals surface area contributed by atoms with Crippen molar-refractivity contribution in [3.8, 4) is 0 Å². The van der Waals surface area contributed by atoms with Crippen molar-refractivity contribution >= 4 is 29.0 Å². The molecule has 7 nitrogen and oxygen atoms in total. The number of carbonyl (C=O) groups excluding carboxylic acids is 1. The summed E-state index contributed by atoms with van der Waals surface area (Å²) in [5.41, 5.74) is 1.61. The highest BCUT2D eigenvalue weighted by molar-refractivity contribution is 6.31. The summed E-state index contributed by atoms with van der Waals surface area (Å²) in [7, 11) is 0. The molecule has 2 saturated heterocycles. The smallest absolute Gasteiger partial charge is 0.322 e. The first-order valence-electron chi connectivity index (χ1n) is 8.51. The Hall–Kier alpha value is -1.54. The van der Waals surface area contributed by atoms with Gasteiger partial charge in [-0.25, -0.2) is 4.79 Å². The standard InChI is InChI=1S/C17H24ClN3O4/c1-12-11-25-14(10-22)9-21(12)17(23)19-15-8-13(18)2-3-16(15)20-4-6-24-7-5-20/h2-3,8,12,14,22H,4-7,9-11H2,1H3,(H,19,23)/t12-,14-/m1/s1. The van der Waals surface area contributed by atoms with E-state index < -0.39 is 0 Å². The SMILES string of the molecule is C[C@@H]1CO[C@@H](CO)CN1C(=O)Nc1cc(Cl)ccc1N1CCOCC1. The Labute approximate surface area is 152 Å². The molecule has 1 aromatic carbocycles. The molecule has 0 radical (unpaired) electrons. The maximum Gasteiger partial charge on any atom is 0.322 e. The fourth-order valence-corrected chi connectivity index (χ4v) is 3.26. The van der Waals surface area contributed by atoms with E-state index in [2.05, 4.69) is 10.2 Å². The second kappa shape index (κ2) is 8.23. The largest absolute Gasteiger partial charge is 0.394 e. The van der Waals surface area contributed by atoms with Crippen LogP contribution in [0.5, 0.6) is 0 Å². The van der Waals surface area contributed by atoms with Crippen molar-refractivity contribution in [2.75, 3.05) is 56.3 Å². The summed E-state index contributed by atoms with van der Waals surface area (Å²) in [5.74, 6) is 0. The molecule has 2 atom stereocenters. The highest BCUT2D eigenvalue weighted by Gasteiger charge is 2.30. The van der Waals surface area contributed by atoms with Gasteiger partial charge in [0.15, 0.2) is 0 Å². The van der Waals surface area contributed by atoms with Crippen LogP contribution in [0.15, 0.2) is 18.2 Å². The molecule has 3 rings (SSSR count). The lowest BCUT2D eigenvalue weighted by Gasteiger charge is -2.37. The minimum atomic E-state index is -0.347. The van der Waals surface area contributed by atoms with E-state index in [4.69, 9.17) is 21.1 Å². The molecule has 2 aliphatic heterocycles. The van der Waals surface area contributed by atoms with Gasteiger partial charge in [-0.1, -0.05) is 11.6 Å². The van der Waals surface area contributed by atoms with Crippen LogP contribution in [0.1, 0.15) is 6.92 Å². The van der Waals surface area contributed by atoms with Crippen LogP contribution in [0.25, 0.3) is 0 Å². The van der Waals surface area contributed by atoms with Gasteiger partial charge in [0.2, 0.25) is 0 Å². The number of nitrogens with zero attached hydrogens (tertiary/aromatic N) is 2. The number of hydrogen-bond donors (Lipinski definition) is 2. The molecule has 1 aromatic rings. The number of halogens is 1. The van der Waals surface area contributed by atoms with Gasteiger partial charge in [-0.05, 0) is 25.1 Å². The summed E-state index contributed by atoms with van der Waals surface area (Å²) in [6, 6.07) is 5.22. The summed E-state index contributed by atoms with van der Waals surface area (Å²) >= 11 is 6.14. The van der Waals surface area contributed by atoms with Crippen LogP contribution in [0.2, 0.25) is 5.02 Å². The lowest BCUT2D eigenvalue weighted by atomic mass is 10.2. The van der Waals surface area contributed by atoms with Crippen LogP contribution in [0, 0.1) is 0 Å². The third-order valence-corrected chi connectivity index (χ3v) is 4.76. The van der Waals surface area contributed by atoms with Gasteiger partial charge in [-0.15, -0.1) is 0 Å². The molecule has 2 fully saturated rings. The van der Waals surface area contributed by atoms with Crippen molar-refractivity contribution in [1.29, 1.82) is 0 Å². The number of carbonyl (C=O) groups is 1. The normalized spacial score (nSPS) is 24.3. The number of morpholine rings is 2. The van der Waals surface area contributed by atoms with Gasteiger partial charge in [0.25, 0.3) is 0 Å². The number of amides is 2. The molecule has 2 N–H and O–H groups in total. The average Bonchev–Trinajstić information content (AvgIpc) is 2.63. The molecular weight excluding hydrogens is 346 g/mol. The summed E-state index contributed by atoms with van der Waals surface area (Å²) in [6.07, 6.45) is -0.347. The first-order valence-corrected chi connectivity index (χ1v) is 8.88. The first kappa shape index (κ1) is 18.3. The second-order valence-electron chi connectivity index (χ2n) is 6.33. The Morgan fingerprint density at radius 3 is 2.88 bits per heavy atom. The highest BCUT2D eigenvalue weighted by atomic mass is 35.5. The number of rotatable bonds is 3. The summed E-state index contributed by atoms with van der Waals surface area (Å²) in [4.78, 5) is 16.6. The molecule has 0 saturated carbocycles. The van der Waals surface area contributed by atoms with Crippen molar-refractivity contribution in [1.82, 2.24) is 4.90 Å². The second-order valence-corrected chi connectivity index (χ2v) is 6.77. The van der Waals surface area contributed by atoms with Crippen molar-refractivity contribution in [3.63, 3.8) is 0 Å². The predicted octanol–water partition coefficient (Wildman–Crippen LogP) is 1.79. The maximum absolute atomic E-state index is 12.8. The van der Waals surface area contributed by atoms with Crippen LogP contribution in [-0.2, 0) is 9.47 Å². The molecular formula is C17H24ClN3O4. The van der Waals surface area contributed by atoms with Crippen molar-refractivity contribution in [2.24, 2.45) is 0 Å². The van der Waals surface area contributed by atoms with E-state index in [1.165, 1.54) is 0 Å². The zero-order valence-electron chi connectivity index (χ0n) is 14.3. The molecule has 0 aromatic heterocycles. The fraction of sp³-hybridized carbons (Fsp3) is 0.588. The number of aliphatic hydroxyl groups excluding tert-OH is 1. The Morgan fingerprint density at radius 1 is 1.40 bits per heavy atom. The number of aliphatic hydroxyl groups is 1. The molecule has 0 aliphatic carbocycles. The lowest BCUT2D eigenvalue weighted by Crippen LogP contribution is -2.53. The monoisotopic (exact) mass is 369 g/mol. The summed E-state index contributed by atoms with van der Waals surface area (Å²) in [6.45, 7) is 5.45. The number of benzene rings is 1. The molecule has 0 bridgehead atoms. The minimum absolute atomic E-state index is 0.0613. The van der Waals surface area contributed by atoms with E-state index in [0.29, 0.717) is 37.1 Å². The number of ether oxygens (including phenoxy) is 2. The predicted molar refractivity (Wildman–Crippen MR) is 96.5 cm³/mol.